The number of carbonyl (C=O) groups is 1. The van der Waals surface area contributed by atoms with Gasteiger partial charge in [0, 0.05) is 16.7 Å². The van der Waals surface area contributed by atoms with Gasteiger partial charge in [0.2, 0.25) is 0 Å². The van der Waals surface area contributed by atoms with Crippen LogP contribution in [0.5, 0.6) is 0 Å². The van der Waals surface area contributed by atoms with Crippen molar-refractivity contribution in [2.45, 2.75) is 0 Å². The van der Waals surface area contributed by atoms with E-state index in [0.29, 0.717) is 0 Å². The van der Waals surface area contributed by atoms with Crippen molar-refractivity contribution >= 4 is 38.1 Å². The van der Waals surface area contributed by atoms with Crippen molar-refractivity contribution in [3.63, 3.8) is 0 Å². The first-order chi connectivity index (χ1) is 12.8. The Kier molecular flexibility index (Phi) is 2.55. The van der Waals surface area contributed by atoms with E-state index in [-0.39, 0.29) is 5.78 Å². The molecule has 0 aromatic heterocycles. The third-order valence-electron chi connectivity index (χ3n) is 5.57. The molecule has 0 heterocycles. The van der Waals surface area contributed by atoms with Gasteiger partial charge in [0.1, 0.15) is 0 Å². The smallest absolute Gasteiger partial charge is 0.194 e. The highest BCUT2D eigenvalue weighted by molar-refractivity contribution is 6.28. The van der Waals surface area contributed by atoms with Crippen molar-refractivity contribution in [2.24, 2.45) is 0 Å². The molecule has 26 heavy (non-hydrogen) atoms. The van der Waals surface area contributed by atoms with Crippen molar-refractivity contribution in [3.05, 3.63) is 96.1 Å². The number of fused-ring (bicyclic) bond motifs is 8. The summed E-state index contributed by atoms with van der Waals surface area (Å²) in [6, 6.07) is 29.3. The molecule has 0 N–H and O–H groups in total. The maximum atomic E-state index is 12.8. The molecule has 6 rings (SSSR count). The van der Waals surface area contributed by atoms with E-state index in [2.05, 4.69) is 60.7 Å². The Labute approximate surface area is 150 Å². The van der Waals surface area contributed by atoms with Crippen LogP contribution in [0.15, 0.2) is 84.9 Å². The van der Waals surface area contributed by atoms with Gasteiger partial charge in [0.05, 0.1) is 0 Å². The van der Waals surface area contributed by atoms with E-state index in [4.69, 9.17) is 0 Å². The minimum Gasteiger partial charge on any atom is -0.289 e. The number of carbonyl (C=O) groups excluding carboxylic acids is 1. The van der Waals surface area contributed by atoms with Crippen LogP contribution in [0.3, 0.4) is 0 Å². The molecule has 0 radical (unpaired) electrons. The van der Waals surface area contributed by atoms with E-state index in [1.165, 1.54) is 26.9 Å². The second kappa shape index (κ2) is 4.80. The molecule has 0 fully saturated rings. The van der Waals surface area contributed by atoms with Crippen LogP contribution in [0, 0.1) is 0 Å². The zero-order valence-electron chi connectivity index (χ0n) is 14.0. The molecular formula is C25H14O. The van der Waals surface area contributed by atoms with Gasteiger partial charge in [0.15, 0.2) is 5.78 Å². The van der Waals surface area contributed by atoms with Gasteiger partial charge in [-0.25, -0.2) is 0 Å². The first-order valence-corrected chi connectivity index (χ1v) is 8.83. The van der Waals surface area contributed by atoms with Crippen LogP contribution in [0.1, 0.15) is 15.9 Å². The molecule has 5 aromatic rings. The number of hydrogen-bond donors (Lipinski definition) is 0. The van der Waals surface area contributed by atoms with Crippen molar-refractivity contribution in [3.8, 4) is 11.1 Å². The van der Waals surface area contributed by atoms with Gasteiger partial charge < -0.3 is 0 Å². The van der Waals surface area contributed by atoms with Gasteiger partial charge in [-0.2, -0.15) is 0 Å². The SMILES string of the molecule is O=C1c2ccccc2-c2c1ccc1c2ccc2cc3ccccc3cc21. The van der Waals surface area contributed by atoms with Crippen molar-refractivity contribution in [1.82, 2.24) is 0 Å². The standard InChI is InChI=1S/C25H14O/c26-25-21-8-4-3-7-19(21)24-20-10-9-17-13-15-5-1-2-6-16(15)14-23(17)18(20)11-12-22(24)25/h1-14H. The fourth-order valence-corrected chi connectivity index (χ4v) is 4.35. The number of rotatable bonds is 0. The molecule has 0 saturated carbocycles. The van der Waals surface area contributed by atoms with Crippen molar-refractivity contribution in [2.75, 3.05) is 0 Å². The van der Waals surface area contributed by atoms with Gasteiger partial charge in [-0.05, 0) is 56.1 Å². The summed E-state index contributed by atoms with van der Waals surface area (Å²) < 4.78 is 0. The van der Waals surface area contributed by atoms with Gasteiger partial charge in [-0.1, -0.05) is 66.7 Å². The van der Waals surface area contributed by atoms with Gasteiger partial charge >= 0.3 is 0 Å². The third-order valence-corrected chi connectivity index (χ3v) is 5.57. The van der Waals surface area contributed by atoms with Gasteiger partial charge in [-0.15, -0.1) is 0 Å². The van der Waals surface area contributed by atoms with Crippen LogP contribution in [0.4, 0.5) is 0 Å². The van der Waals surface area contributed by atoms with Gasteiger partial charge in [0.25, 0.3) is 0 Å². The summed E-state index contributed by atoms with van der Waals surface area (Å²) in [6.07, 6.45) is 0. The Balaban J connectivity index is 1.79. The van der Waals surface area contributed by atoms with Crippen LogP contribution >= 0.6 is 0 Å². The number of hydrogen-bond acceptors (Lipinski definition) is 1. The van der Waals surface area contributed by atoms with Crippen molar-refractivity contribution < 1.29 is 4.79 Å². The Morgan fingerprint density at radius 1 is 0.462 bits per heavy atom. The summed E-state index contributed by atoms with van der Waals surface area (Å²) >= 11 is 0. The summed E-state index contributed by atoms with van der Waals surface area (Å²) in [6.45, 7) is 0. The molecule has 1 nitrogen and oxygen atoms in total. The second-order valence-electron chi connectivity index (χ2n) is 6.94. The molecule has 5 aromatic carbocycles. The molecule has 1 heteroatoms. The Hall–Kier alpha value is -3.45. The minimum absolute atomic E-state index is 0.135. The van der Waals surface area contributed by atoms with Crippen LogP contribution in [-0.2, 0) is 0 Å². The molecule has 1 aliphatic rings. The molecule has 1 aliphatic carbocycles. The van der Waals surface area contributed by atoms with Gasteiger partial charge in [-0.3, -0.25) is 4.79 Å². The summed E-state index contributed by atoms with van der Waals surface area (Å²) in [7, 11) is 0. The Morgan fingerprint density at radius 3 is 2.00 bits per heavy atom. The topological polar surface area (TPSA) is 17.1 Å². The van der Waals surface area contributed by atoms with E-state index in [1.807, 2.05) is 24.3 Å². The molecule has 0 unspecified atom stereocenters. The molecular weight excluding hydrogens is 316 g/mol. The zero-order valence-corrected chi connectivity index (χ0v) is 14.0. The average Bonchev–Trinajstić information content (AvgIpc) is 2.99. The fraction of sp³-hybridized carbons (Fsp3) is 0. The van der Waals surface area contributed by atoms with Crippen LogP contribution in [0.25, 0.3) is 43.4 Å². The quantitative estimate of drug-likeness (QED) is 0.234. The van der Waals surface area contributed by atoms with Crippen LogP contribution in [0.2, 0.25) is 0 Å². The summed E-state index contributed by atoms with van der Waals surface area (Å²) in [4.78, 5) is 12.8. The third kappa shape index (κ3) is 1.67. The monoisotopic (exact) mass is 330 g/mol. The largest absolute Gasteiger partial charge is 0.289 e. The fourth-order valence-electron chi connectivity index (χ4n) is 4.35. The molecule has 0 aliphatic heterocycles. The number of benzene rings is 5. The lowest BCUT2D eigenvalue weighted by Gasteiger charge is -2.10. The molecule has 0 amide bonds. The van der Waals surface area contributed by atoms with E-state index in [1.54, 1.807) is 0 Å². The maximum Gasteiger partial charge on any atom is 0.194 e. The highest BCUT2D eigenvalue weighted by Crippen LogP contribution is 2.43. The molecule has 0 atom stereocenters. The lowest BCUT2D eigenvalue weighted by molar-refractivity contribution is 0.104. The van der Waals surface area contributed by atoms with E-state index in [9.17, 15) is 4.79 Å². The van der Waals surface area contributed by atoms with Crippen LogP contribution in [-0.4, -0.2) is 5.78 Å². The van der Waals surface area contributed by atoms with Crippen LogP contribution < -0.4 is 0 Å². The molecule has 0 bridgehead atoms. The zero-order chi connectivity index (χ0) is 17.3. The molecule has 0 saturated heterocycles. The van der Waals surface area contributed by atoms with Crippen molar-refractivity contribution in [1.29, 1.82) is 0 Å². The Morgan fingerprint density at radius 2 is 1.15 bits per heavy atom. The minimum atomic E-state index is 0.135. The Bertz CT molecular complexity index is 1390. The first-order valence-electron chi connectivity index (χ1n) is 8.83. The normalized spacial score (nSPS) is 12.7. The summed E-state index contributed by atoms with van der Waals surface area (Å²) in [5.41, 5.74) is 3.77. The predicted octanol–water partition coefficient (Wildman–Crippen LogP) is 6.36. The van der Waals surface area contributed by atoms with E-state index >= 15 is 0 Å². The summed E-state index contributed by atoms with van der Waals surface area (Å²) in [5, 5.41) is 7.32. The summed E-state index contributed by atoms with van der Waals surface area (Å²) in [5.74, 6) is 0.135. The predicted molar refractivity (Wildman–Crippen MR) is 108 cm³/mol. The first kappa shape index (κ1) is 13.8. The maximum absolute atomic E-state index is 12.8. The van der Waals surface area contributed by atoms with E-state index in [0.717, 1.165) is 27.6 Å². The molecule has 0 spiro atoms. The second-order valence-corrected chi connectivity index (χ2v) is 6.94. The highest BCUT2D eigenvalue weighted by atomic mass is 16.1. The average molecular weight is 330 g/mol. The molecule has 120 valence electrons. The number of ketones is 1. The lowest BCUT2D eigenvalue weighted by atomic mass is 9.93. The lowest BCUT2D eigenvalue weighted by Crippen LogP contribution is -1.94. The highest BCUT2D eigenvalue weighted by Gasteiger charge is 2.27. The van der Waals surface area contributed by atoms with E-state index < -0.39 is 0 Å².